The highest BCUT2D eigenvalue weighted by Crippen LogP contribution is 2.22. The molecule has 0 bridgehead atoms. The molecule has 1 saturated heterocycles. The molecule has 0 spiro atoms. The fourth-order valence-corrected chi connectivity index (χ4v) is 4.62. The molecule has 3 atom stereocenters. The maximum absolute atomic E-state index is 12.3. The van der Waals surface area contributed by atoms with Crippen LogP contribution in [0, 0.1) is 11.8 Å². The lowest BCUT2D eigenvalue weighted by Gasteiger charge is -2.34. The fourth-order valence-electron chi connectivity index (χ4n) is 2.52. The molecule has 0 amide bonds. The van der Waals surface area contributed by atoms with Gasteiger partial charge in [-0.2, -0.15) is 29.2 Å². The van der Waals surface area contributed by atoms with Gasteiger partial charge < -0.3 is 5.11 Å². The van der Waals surface area contributed by atoms with Gasteiger partial charge in [-0.05, 0) is 36.7 Å². The molecular formula is C12H24N2O4S2. The van der Waals surface area contributed by atoms with Crippen LogP contribution >= 0.6 is 11.8 Å². The molecule has 118 valence electrons. The number of hydrogen-bond acceptors (Lipinski definition) is 4. The van der Waals surface area contributed by atoms with E-state index in [1.54, 1.807) is 0 Å². The number of carboxylic acid groups (broad SMARTS) is 1. The first-order valence-corrected chi connectivity index (χ1v) is 9.58. The van der Waals surface area contributed by atoms with Crippen LogP contribution in [0.4, 0.5) is 0 Å². The molecule has 1 heterocycles. The lowest BCUT2D eigenvalue weighted by atomic mass is 9.94. The number of nitrogens with one attached hydrogen (secondary N) is 1. The summed E-state index contributed by atoms with van der Waals surface area (Å²) in [4.78, 5) is 11.1. The van der Waals surface area contributed by atoms with E-state index >= 15 is 0 Å². The van der Waals surface area contributed by atoms with Gasteiger partial charge in [0.15, 0.2) is 0 Å². The highest BCUT2D eigenvalue weighted by atomic mass is 32.2. The van der Waals surface area contributed by atoms with Gasteiger partial charge in [-0.25, -0.2) is 0 Å². The molecule has 20 heavy (non-hydrogen) atoms. The molecule has 8 heteroatoms. The molecule has 1 aliphatic rings. The zero-order chi connectivity index (χ0) is 15.3. The zero-order valence-electron chi connectivity index (χ0n) is 12.2. The largest absolute Gasteiger partial charge is 0.480 e. The van der Waals surface area contributed by atoms with E-state index < -0.39 is 22.2 Å². The number of thioether (sulfide) groups is 1. The van der Waals surface area contributed by atoms with Crippen molar-refractivity contribution in [3.8, 4) is 0 Å². The third-order valence-corrected chi connectivity index (χ3v) is 5.58. The Morgan fingerprint density at radius 1 is 1.40 bits per heavy atom. The van der Waals surface area contributed by atoms with E-state index in [-0.39, 0.29) is 6.42 Å². The van der Waals surface area contributed by atoms with Crippen LogP contribution in [0.25, 0.3) is 0 Å². The van der Waals surface area contributed by atoms with E-state index in [0.717, 1.165) is 6.42 Å². The molecule has 0 aliphatic carbocycles. The molecule has 0 aromatic rings. The van der Waals surface area contributed by atoms with Gasteiger partial charge in [-0.15, -0.1) is 0 Å². The third-order valence-electron chi connectivity index (χ3n) is 3.38. The Hall–Kier alpha value is -0.310. The van der Waals surface area contributed by atoms with Crippen molar-refractivity contribution >= 4 is 27.9 Å². The van der Waals surface area contributed by atoms with Crippen molar-refractivity contribution in [1.82, 2.24) is 9.03 Å². The van der Waals surface area contributed by atoms with Crippen LogP contribution in [-0.4, -0.2) is 54.9 Å². The van der Waals surface area contributed by atoms with Crippen molar-refractivity contribution in [2.75, 3.05) is 25.1 Å². The summed E-state index contributed by atoms with van der Waals surface area (Å²) < 4.78 is 28.3. The van der Waals surface area contributed by atoms with Gasteiger partial charge in [-0.3, -0.25) is 4.79 Å². The molecule has 1 aliphatic heterocycles. The maximum atomic E-state index is 12.3. The van der Waals surface area contributed by atoms with Gasteiger partial charge in [0.1, 0.15) is 6.04 Å². The molecule has 2 unspecified atom stereocenters. The Kier molecular flexibility index (Phi) is 6.77. The Morgan fingerprint density at radius 3 is 2.40 bits per heavy atom. The standard InChI is InChI=1S/C12H24N2O4S2/c1-9-6-10(2)8-14(7-9)20(17,18)13-11(12(15)16)4-5-19-3/h9-11,13H,4-8H2,1-3H3,(H,15,16)/t9?,10?,11-/m1/s1. The van der Waals surface area contributed by atoms with Crippen molar-refractivity contribution in [2.24, 2.45) is 11.8 Å². The summed E-state index contributed by atoms with van der Waals surface area (Å²) in [5.74, 6) is 0.0714. The Morgan fingerprint density at radius 2 is 1.95 bits per heavy atom. The molecule has 2 N–H and O–H groups in total. The molecule has 0 aromatic heterocycles. The number of carboxylic acids is 1. The minimum atomic E-state index is -3.73. The van der Waals surface area contributed by atoms with Crippen molar-refractivity contribution in [3.05, 3.63) is 0 Å². The summed E-state index contributed by atoms with van der Waals surface area (Å²) in [5, 5.41) is 9.11. The Labute approximate surface area is 125 Å². The number of carbonyl (C=O) groups is 1. The van der Waals surface area contributed by atoms with E-state index in [0.29, 0.717) is 30.7 Å². The molecule has 6 nitrogen and oxygen atoms in total. The lowest BCUT2D eigenvalue weighted by molar-refractivity contribution is -0.139. The summed E-state index contributed by atoms with van der Waals surface area (Å²) in [5.41, 5.74) is 0. The average molecular weight is 324 g/mol. The van der Waals surface area contributed by atoms with Crippen molar-refractivity contribution < 1.29 is 18.3 Å². The van der Waals surface area contributed by atoms with E-state index in [9.17, 15) is 13.2 Å². The summed E-state index contributed by atoms with van der Waals surface area (Å²) in [6.45, 7) is 4.93. The predicted molar refractivity (Wildman–Crippen MR) is 81.0 cm³/mol. The van der Waals surface area contributed by atoms with E-state index in [1.807, 2.05) is 20.1 Å². The summed E-state index contributed by atoms with van der Waals surface area (Å²) in [7, 11) is -3.73. The molecule has 0 radical (unpaired) electrons. The smallest absolute Gasteiger partial charge is 0.321 e. The maximum Gasteiger partial charge on any atom is 0.321 e. The van der Waals surface area contributed by atoms with Crippen LogP contribution in [0.5, 0.6) is 0 Å². The van der Waals surface area contributed by atoms with Crippen molar-refractivity contribution in [3.63, 3.8) is 0 Å². The van der Waals surface area contributed by atoms with Crippen LogP contribution in [0.15, 0.2) is 0 Å². The normalized spacial score (nSPS) is 26.4. The van der Waals surface area contributed by atoms with Gasteiger partial charge in [0, 0.05) is 13.1 Å². The van der Waals surface area contributed by atoms with Crippen LogP contribution in [0.1, 0.15) is 26.7 Å². The molecule has 1 rings (SSSR count). The van der Waals surface area contributed by atoms with Crippen LogP contribution in [0.2, 0.25) is 0 Å². The summed E-state index contributed by atoms with van der Waals surface area (Å²) in [6.07, 6.45) is 3.15. The Bertz CT molecular complexity index is 417. The fraction of sp³-hybridized carbons (Fsp3) is 0.917. The van der Waals surface area contributed by atoms with Gasteiger partial charge in [0.25, 0.3) is 10.2 Å². The first kappa shape index (κ1) is 17.7. The van der Waals surface area contributed by atoms with E-state index in [4.69, 9.17) is 5.11 Å². The van der Waals surface area contributed by atoms with E-state index in [2.05, 4.69) is 4.72 Å². The quantitative estimate of drug-likeness (QED) is 0.730. The van der Waals surface area contributed by atoms with Crippen molar-refractivity contribution in [1.29, 1.82) is 0 Å². The lowest BCUT2D eigenvalue weighted by Crippen LogP contribution is -2.52. The Balaban J connectivity index is 2.73. The summed E-state index contributed by atoms with van der Waals surface area (Å²) >= 11 is 1.50. The average Bonchev–Trinajstić information content (AvgIpc) is 2.32. The van der Waals surface area contributed by atoms with E-state index in [1.165, 1.54) is 16.1 Å². The number of hydrogen-bond donors (Lipinski definition) is 2. The minimum absolute atomic E-state index is 0.286. The monoisotopic (exact) mass is 324 g/mol. The first-order chi connectivity index (χ1) is 9.26. The molecule has 0 saturated carbocycles. The zero-order valence-corrected chi connectivity index (χ0v) is 13.8. The third kappa shape index (κ3) is 5.23. The number of aliphatic carboxylic acids is 1. The summed E-state index contributed by atoms with van der Waals surface area (Å²) in [6, 6.07) is -1.06. The minimum Gasteiger partial charge on any atom is -0.480 e. The second kappa shape index (κ2) is 7.63. The predicted octanol–water partition coefficient (Wildman–Crippen LogP) is 1.00. The second-order valence-electron chi connectivity index (χ2n) is 5.56. The SMILES string of the molecule is CSCC[C@@H](NS(=O)(=O)N1CC(C)CC(C)C1)C(=O)O. The van der Waals surface area contributed by atoms with Crippen LogP contribution < -0.4 is 4.72 Å². The van der Waals surface area contributed by atoms with Crippen molar-refractivity contribution in [2.45, 2.75) is 32.7 Å². The van der Waals surface area contributed by atoms with Crippen LogP contribution in [-0.2, 0) is 15.0 Å². The molecular weight excluding hydrogens is 300 g/mol. The van der Waals surface area contributed by atoms with Gasteiger partial charge in [0.05, 0.1) is 0 Å². The van der Waals surface area contributed by atoms with Gasteiger partial charge in [0.2, 0.25) is 0 Å². The van der Waals surface area contributed by atoms with Crippen LogP contribution in [0.3, 0.4) is 0 Å². The molecule has 1 fully saturated rings. The number of nitrogens with zero attached hydrogens (tertiary/aromatic N) is 1. The highest BCUT2D eigenvalue weighted by molar-refractivity contribution is 7.98. The molecule has 0 aromatic carbocycles. The topological polar surface area (TPSA) is 86.7 Å². The second-order valence-corrected chi connectivity index (χ2v) is 8.25. The van der Waals surface area contributed by atoms with Gasteiger partial charge >= 0.3 is 5.97 Å². The number of piperidine rings is 1. The first-order valence-electron chi connectivity index (χ1n) is 6.75. The number of rotatable bonds is 7. The van der Waals surface area contributed by atoms with Gasteiger partial charge in [-0.1, -0.05) is 13.8 Å². The highest BCUT2D eigenvalue weighted by Gasteiger charge is 2.33.